The van der Waals surface area contributed by atoms with Gasteiger partial charge in [0.1, 0.15) is 0 Å². The maximum absolute atomic E-state index is 9.08. The molecule has 0 aromatic heterocycles. The van der Waals surface area contributed by atoms with E-state index in [4.69, 9.17) is 5.11 Å². The lowest BCUT2D eigenvalue weighted by atomic mass is 9.90. The van der Waals surface area contributed by atoms with Crippen LogP contribution in [0.25, 0.3) is 0 Å². The van der Waals surface area contributed by atoms with Crippen LogP contribution in [0.5, 0.6) is 0 Å². The number of aryl methyl sites for hydroxylation is 1. The van der Waals surface area contributed by atoms with Gasteiger partial charge >= 0.3 is 0 Å². The van der Waals surface area contributed by atoms with Crippen LogP contribution >= 0.6 is 0 Å². The van der Waals surface area contributed by atoms with E-state index in [0.717, 1.165) is 18.8 Å². The topological polar surface area (TPSA) is 20.2 Å². The Morgan fingerprint density at radius 1 is 1.27 bits per heavy atom. The van der Waals surface area contributed by atoms with Crippen molar-refractivity contribution in [1.82, 2.24) is 0 Å². The summed E-state index contributed by atoms with van der Waals surface area (Å²) in [5.41, 5.74) is 2.82. The molecule has 0 saturated heterocycles. The molecule has 1 N–H and O–H groups in total. The van der Waals surface area contributed by atoms with Crippen molar-refractivity contribution >= 4 is 0 Å². The minimum atomic E-state index is 0.316. The van der Waals surface area contributed by atoms with Gasteiger partial charge in [-0.2, -0.15) is 0 Å². The molecular weight excluding hydrogens is 184 g/mol. The van der Waals surface area contributed by atoms with Crippen LogP contribution in [-0.2, 0) is 6.42 Å². The number of benzene rings is 1. The molecule has 1 aromatic carbocycles. The molecule has 0 radical (unpaired) electrons. The summed E-state index contributed by atoms with van der Waals surface area (Å²) in [5.74, 6) is 1.44. The Bertz CT molecular complexity index is 298. The summed E-state index contributed by atoms with van der Waals surface area (Å²) in [4.78, 5) is 0. The van der Waals surface area contributed by atoms with E-state index in [1.165, 1.54) is 24.0 Å². The third-order valence-corrected chi connectivity index (χ3v) is 3.45. The normalized spacial score (nSPS) is 17.7. The highest BCUT2D eigenvalue weighted by molar-refractivity contribution is 5.26. The number of aliphatic hydroxyl groups is 1. The molecule has 1 aliphatic carbocycles. The first-order valence-electron chi connectivity index (χ1n) is 6.05. The number of aliphatic hydroxyl groups excluding tert-OH is 1. The second kappa shape index (κ2) is 4.80. The smallest absolute Gasteiger partial charge is 0.0436 e. The summed E-state index contributed by atoms with van der Waals surface area (Å²) in [6.07, 6.45) is 4.73. The van der Waals surface area contributed by atoms with Crippen molar-refractivity contribution in [3.8, 4) is 0 Å². The molecule has 1 aliphatic rings. The van der Waals surface area contributed by atoms with Gasteiger partial charge in [0.2, 0.25) is 0 Å². The van der Waals surface area contributed by atoms with Crippen molar-refractivity contribution in [2.75, 3.05) is 6.61 Å². The maximum atomic E-state index is 9.08. The first-order chi connectivity index (χ1) is 7.35. The van der Waals surface area contributed by atoms with Gasteiger partial charge in [-0.15, -0.1) is 0 Å². The molecule has 0 amide bonds. The quantitative estimate of drug-likeness (QED) is 0.781. The summed E-state index contributed by atoms with van der Waals surface area (Å²) in [5, 5.41) is 9.08. The van der Waals surface area contributed by atoms with Crippen molar-refractivity contribution in [3.63, 3.8) is 0 Å². The number of hydrogen-bond donors (Lipinski definition) is 1. The highest BCUT2D eigenvalue weighted by atomic mass is 16.3. The molecule has 1 fully saturated rings. The molecule has 0 aliphatic heterocycles. The van der Waals surface area contributed by atoms with E-state index in [-0.39, 0.29) is 0 Å². The fraction of sp³-hybridized carbons (Fsp3) is 0.571. The Kier molecular flexibility index (Phi) is 3.42. The Morgan fingerprint density at radius 2 is 1.93 bits per heavy atom. The van der Waals surface area contributed by atoms with Crippen molar-refractivity contribution in [2.45, 2.75) is 38.5 Å². The van der Waals surface area contributed by atoms with E-state index < -0.39 is 0 Å². The van der Waals surface area contributed by atoms with E-state index in [1.807, 2.05) is 0 Å². The predicted octanol–water partition coefficient (Wildman–Crippen LogP) is 3.13. The summed E-state index contributed by atoms with van der Waals surface area (Å²) >= 11 is 0. The molecule has 1 nitrogen and oxygen atoms in total. The maximum Gasteiger partial charge on any atom is 0.0436 e. The highest BCUT2D eigenvalue weighted by Crippen LogP contribution is 2.44. The van der Waals surface area contributed by atoms with Gasteiger partial charge in [0.15, 0.2) is 0 Å². The van der Waals surface area contributed by atoms with Crippen LogP contribution < -0.4 is 0 Å². The molecule has 1 atom stereocenters. The lowest BCUT2D eigenvalue weighted by Crippen LogP contribution is -2.03. The molecule has 0 heterocycles. The molecule has 15 heavy (non-hydrogen) atoms. The van der Waals surface area contributed by atoms with E-state index in [2.05, 4.69) is 31.2 Å². The Morgan fingerprint density at radius 3 is 2.40 bits per heavy atom. The van der Waals surface area contributed by atoms with Crippen LogP contribution in [0.1, 0.15) is 43.2 Å². The zero-order valence-electron chi connectivity index (χ0n) is 9.45. The monoisotopic (exact) mass is 204 g/mol. The van der Waals surface area contributed by atoms with Gasteiger partial charge in [-0.05, 0) is 48.6 Å². The molecule has 2 rings (SSSR count). The predicted molar refractivity (Wildman–Crippen MR) is 63.0 cm³/mol. The van der Waals surface area contributed by atoms with Gasteiger partial charge in [-0.1, -0.05) is 31.2 Å². The number of hydrogen-bond acceptors (Lipinski definition) is 1. The standard InChI is InChI=1S/C14H20O/c1-2-11-3-5-12(6-4-11)14(9-10-15)13-7-8-13/h3-6,13-15H,2,7-10H2,1H3. The van der Waals surface area contributed by atoms with Crippen molar-refractivity contribution < 1.29 is 5.11 Å². The van der Waals surface area contributed by atoms with Crippen molar-refractivity contribution in [1.29, 1.82) is 0 Å². The van der Waals surface area contributed by atoms with E-state index in [9.17, 15) is 0 Å². The third kappa shape index (κ3) is 2.60. The van der Waals surface area contributed by atoms with Gasteiger partial charge in [-0.25, -0.2) is 0 Å². The fourth-order valence-electron chi connectivity index (χ4n) is 2.31. The van der Waals surface area contributed by atoms with E-state index in [1.54, 1.807) is 0 Å². The summed E-state index contributed by atoms with van der Waals surface area (Å²) in [6, 6.07) is 8.94. The molecule has 1 saturated carbocycles. The minimum Gasteiger partial charge on any atom is -0.396 e. The molecular formula is C14H20O. The zero-order chi connectivity index (χ0) is 10.7. The summed E-state index contributed by atoms with van der Waals surface area (Å²) in [7, 11) is 0. The molecule has 0 spiro atoms. The Labute approximate surface area is 92.1 Å². The Hall–Kier alpha value is -0.820. The Balaban J connectivity index is 2.10. The van der Waals surface area contributed by atoms with Crippen LogP contribution in [0, 0.1) is 5.92 Å². The van der Waals surface area contributed by atoms with Crippen molar-refractivity contribution in [3.05, 3.63) is 35.4 Å². The number of rotatable bonds is 5. The van der Waals surface area contributed by atoms with Crippen LogP contribution in [0.15, 0.2) is 24.3 Å². The molecule has 1 aromatic rings. The van der Waals surface area contributed by atoms with Gasteiger partial charge in [-0.3, -0.25) is 0 Å². The molecule has 1 heteroatoms. The fourth-order valence-corrected chi connectivity index (χ4v) is 2.31. The van der Waals surface area contributed by atoms with Crippen molar-refractivity contribution in [2.24, 2.45) is 5.92 Å². The zero-order valence-corrected chi connectivity index (χ0v) is 9.45. The lowest BCUT2D eigenvalue weighted by molar-refractivity contribution is 0.270. The van der Waals surface area contributed by atoms with Gasteiger partial charge < -0.3 is 5.11 Å². The second-order valence-corrected chi connectivity index (χ2v) is 4.55. The third-order valence-electron chi connectivity index (χ3n) is 3.45. The molecule has 0 bridgehead atoms. The minimum absolute atomic E-state index is 0.316. The molecule has 1 unspecified atom stereocenters. The van der Waals surface area contributed by atoms with Crippen LogP contribution in [0.4, 0.5) is 0 Å². The van der Waals surface area contributed by atoms with Gasteiger partial charge in [0.05, 0.1) is 0 Å². The first-order valence-corrected chi connectivity index (χ1v) is 6.05. The van der Waals surface area contributed by atoms with Gasteiger partial charge in [0, 0.05) is 6.61 Å². The summed E-state index contributed by atoms with van der Waals surface area (Å²) < 4.78 is 0. The van der Waals surface area contributed by atoms with E-state index >= 15 is 0 Å². The average Bonchev–Trinajstić information content (AvgIpc) is 3.10. The largest absolute Gasteiger partial charge is 0.396 e. The first kappa shape index (κ1) is 10.7. The van der Waals surface area contributed by atoms with Crippen LogP contribution in [0.2, 0.25) is 0 Å². The van der Waals surface area contributed by atoms with Crippen LogP contribution in [0.3, 0.4) is 0 Å². The highest BCUT2D eigenvalue weighted by Gasteiger charge is 2.31. The van der Waals surface area contributed by atoms with Crippen LogP contribution in [-0.4, -0.2) is 11.7 Å². The SMILES string of the molecule is CCc1ccc(C(CCO)C2CC2)cc1. The summed E-state index contributed by atoms with van der Waals surface area (Å²) in [6.45, 7) is 2.50. The van der Waals surface area contributed by atoms with E-state index in [0.29, 0.717) is 12.5 Å². The van der Waals surface area contributed by atoms with Gasteiger partial charge in [0.25, 0.3) is 0 Å². The lowest BCUT2D eigenvalue weighted by Gasteiger charge is -2.15. The molecule has 82 valence electrons. The second-order valence-electron chi connectivity index (χ2n) is 4.55. The average molecular weight is 204 g/mol.